The Morgan fingerprint density at radius 2 is 1.71 bits per heavy atom. The largest absolute Gasteiger partial charge is 0.298 e. The molecule has 0 radical (unpaired) electrons. The molecule has 0 aromatic heterocycles. The van der Waals surface area contributed by atoms with E-state index in [1.54, 1.807) is 18.2 Å². The number of carbonyl (C=O) groups excluding carboxylic acids is 1. The molecule has 2 rings (SSSR count). The molecule has 2 aromatic rings. The molecular formula is C13H8F2OS. The van der Waals surface area contributed by atoms with Gasteiger partial charge in [-0.15, -0.1) is 0 Å². The van der Waals surface area contributed by atoms with Gasteiger partial charge in [0.1, 0.15) is 17.9 Å². The predicted octanol–water partition coefficient (Wildman–Crippen LogP) is 3.93. The van der Waals surface area contributed by atoms with E-state index in [9.17, 15) is 13.6 Å². The van der Waals surface area contributed by atoms with E-state index in [1.807, 2.05) is 0 Å². The fourth-order valence-electron chi connectivity index (χ4n) is 1.38. The van der Waals surface area contributed by atoms with Gasteiger partial charge in [-0.25, -0.2) is 8.78 Å². The average Bonchev–Trinajstić information content (AvgIpc) is 2.28. The van der Waals surface area contributed by atoms with E-state index < -0.39 is 5.82 Å². The quantitative estimate of drug-likeness (QED) is 0.768. The first-order valence-corrected chi connectivity index (χ1v) is 5.68. The van der Waals surface area contributed by atoms with Crippen molar-refractivity contribution < 1.29 is 13.6 Å². The normalized spacial score (nSPS) is 10.2. The maximum absolute atomic E-state index is 13.2. The van der Waals surface area contributed by atoms with Gasteiger partial charge < -0.3 is 0 Å². The molecule has 0 heterocycles. The highest BCUT2D eigenvalue weighted by Crippen LogP contribution is 2.29. The molecule has 0 aliphatic heterocycles. The van der Waals surface area contributed by atoms with E-state index >= 15 is 0 Å². The molecule has 4 heteroatoms. The molecule has 0 unspecified atom stereocenters. The van der Waals surface area contributed by atoms with Crippen molar-refractivity contribution in [2.45, 2.75) is 9.79 Å². The summed E-state index contributed by atoms with van der Waals surface area (Å²) in [6, 6.07) is 10.0. The van der Waals surface area contributed by atoms with Crippen LogP contribution in [-0.2, 0) is 0 Å². The lowest BCUT2D eigenvalue weighted by molar-refractivity contribution is 0.112. The average molecular weight is 250 g/mol. The van der Waals surface area contributed by atoms with Gasteiger partial charge in [-0.2, -0.15) is 0 Å². The van der Waals surface area contributed by atoms with Gasteiger partial charge in [0, 0.05) is 15.4 Å². The molecule has 0 saturated heterocycles. The van der Waals surface area contributed by atoms with E-state index in [2.05, 4.69) is 0 Å². The van der Waals surface area contributed by atoms with Gasteiger partial charge in [0.15, 0.2) is 0 Å². The third kappa shape index (κ3) is 3.14. The number of aldehydes is 1. The molecule has 0 spiro atoms. The fraction of sp³-hybridized carbons (Fsp3) is 0. The molecule has 0 atom stereocenters. The van der Waals surface area contributed by atoms with Gasteiger partial charge in [-0.1, -0.05) is 17.8 Å². The predicted molar refractivity (Wildman–Crippen MR) is 62.3 cm³/mol. The molecule has 2 aromatic carbocycles. The van der Waals surface area contributed by atoms with E-state index in [4.69, 9.17) is 0 Å². The highest BCUT2D eigenvalue weighted by Gasteiger charge is 2.03. The van der Waals surface area contributed by atoms with Crippen molar-refractivity contribution in [3.63, 3.8) is 0 Å². The minimum absolute atomic E-state index is 0.268. The van der Waals surface area contributed by atoms with Gasteiger partial charge in [0.2, 0.25) is 0 Å². The van der Waals surface area contributed by atoms with Crippen LogP contribution in [0.1, 0.15) is 10.4 Å². The van der Waals surface area contributed by atoms with Crippen molar-refractivity contribution in [1.29, 1.82) is 0 Å². The Bertz CT molecular complexity index is 555. The van der Waals surface area contributed by atoms with Crippen LogP contribution in [0.15, 0.2) is 52.3 Å². The van der Waals surface area contributed by atoms with Crippen LogP contribution < -0.4 is 0 Å². The van der Waals surface area contributed by atoms with Crippen LogP contribution in [-0.4, -0.2) is 6.29 Å². The third-order valence-corrected chi connectivity index (χ3v) is 3.02. The number of carbonyl (C=O) groups is 1. The first-order valence-electron chi connectivity index (χ1n) is 4.86. The second kappa shape index (κ2) is 5.10. The summed E-state index contributed by atoms with van der Waals surface area (Å²) in [5, 5.41) is 0. The van der Waals surface area contributed by atoms with Crippen molar-refractivity contribution in [1.82, 2.24) is 0 Å². The number of hydrogen-bond acceptors (Lipinski definition) is 2. The highest BCUT2D eigenvalue weighted by molar-refractivity contribution is 7.99. The van der Waals surface area contributed by atoms with E-state index in [-0.39, 0.29) is 11.4 Å². The van der Waals surface area contributed by atoms with Crippen LogP contribution in [0, 0.1) is 11.6 Å². The Labute approximate surface area is 101 Å². The van der Waals surface area contributed by atoms with Gasteiger partial charge in [-0.3, -0.25) is 4.79 Å². The molecule has 86 valence electrons. The van der Waals surface area contributed by atoms with Crippen molar-refractivity contribution >= 4 is 18.0 Å². The molecule has 0 saturated carbocycles. The summed E-state index contributed by atoms with van der Waals surface area (Å²) in [5.74, 6) is -0.824. The standard InChI is InChI=1S/C13H8F2OS/c14-10-2-1-3-12(6-10)17-13-5-9(8-16)4-11(15)7-13/h1-8H. The minimum Gasteiger partial charge on any atom is -0.298 e. The number of hydrogen-bond donors (Lipinski definition) is 0. The monoisotopic (exact) mass is 250 g/mol. The third-order valence-electron chi connectivity index (χ3n) is 2.06. The Morgan fingerprint density at radius 1 is 0.941 bits per heavy atom. The summed E-state index contributed by atoms with van der Waals surface area (Å²) < 4.78 is 26.1. The van der Waals surface area contributed by atoms with Gasteiger partial charge in [-0.05, 0) is 36.4 Å². The molecule has 1 nitrogen and oxygen atoms in total. The maximum Gasteiger partial charge on any atom is 0.150 e. The summed E-state index contributed by atoms with van der Waals surface area (Å²) in [5.41, 5.74) is 0.268. The van der Waals surface area contributed by atoms with Gasteiger partial charge >= 0.3 is 0 Å². The van der Waals surface area contributed by atoms with E-state index in [0.29, 0.717) is 16.1 Å². The minimum atomic E-state index is -0.478. The molecule has 0 aliphatic rings. The Hall–Kier alpha value is -1.68. The smallest absolute Gasteiger partial charge is 0.150 e. The zero-order valence-corrected chi connectivity index (χ0v) is 9.51. The van der Waals surface area contributed by atoms with Crippen molar-refractivity contribution in [2.75, 3.05) is 0 Å². The zero-order chi connectivity index (χ0) is 12.3. The number of halogens is 2. The SMILES string of the molecule is O=Cc1cc(F)cc(Sc2cccc(F)c2)c1. The highest BCUT2D eigenvalue weighted by atomic mass is 32.2. The molecule has 17 heavy (non-hydrogen) atoms. The summed E-state index contributed by atoms with van der Waals surface area (Å²) in [6.45, 7) is 0. The maximum atomic E-state index is 13.2. The van der Waals surface area contributed by atoms with Crippen LogP contribution in [0.25, 0.3) is 0 Å². The van der Waals surface area contributed by atoms with Crippen molar-refractivity contribution in [3.05, 3.63) is 59.7 Å². The molecule has 0 amide bonds. The van der Waals surface area contributed by atoms with Crippen molar-refractivity contribution in [2.24, 2.45) is 0 Å². The second-order valence-corrected chi connectivity index (χ2v) is 4.54. The Morgan fingerprint density at radius 3 is 2.41 bits per heavy atom. The lowest BCUT2D eigenvalue weighted by atomic mass is 10.2. The van der Waals surface area contributed by atoms with Crippen LogP contribution in [0.3, 0.4) is 0 Å². The summed E-state index contributed by atoms with van der Waals surface area (Å²) >= 11 is 1.21. The van der Waals surface area contributed by atoms with Gasteiger partial charge in [0.25, 0.3) is 0 Å². The lowest BCUT2D eigenvalue weighted by Gasteiger charge is -2.03. The van der Waals surface area contributed by atoms with Crippen LogP contribution in [0.5, 0.6) is 0 Å². The zero-order valence-electron chi connectivity index (χ0n) is 8.69. The van der Waals surface area contributed by atoms with Crippen LogP contribution in [0.4, 0.5) is 8.78 Å². The molecule has 0 bridgehead atoms. The fourth-order valence-corrected chi connectivity index (χ4v) is 2.33. The second-order valence-electron chi connectivity index (χ2n) is 3.40. The Balaban J connectivity index is 2.29. The van der Waals surface area contributed by atoms with E-state index in [1.165, 1.54) is 30.0 Å². The first-order chi connectivity index (χ1) is 8.17. The summed E-state index contributed by atoms with van der Waals surface area (Å²) in [4.78, 5) is 11.8. The summed E-state index contributed by atoms with van der Waals surface area (Å²) in [7, 11) is 0. The van der Waals surface area contributed by atoms with Gasteiger partial charge in [0.05, 0.1) is 0 Å². The Kier molecular flexibility index (Phi) is 3.54. The molecule has 0 N–H and O–H groups in total. The van der Waals surface area contributed by atoms with Crippen LogP contribution >= 0.6 is 11.8 Å². The molecule has 0 fully saturated rings. The number of rotatable bonds is 3. The first kappa shape index (κ1) is 11.8. The topological polar surface area (TPSA) is 17.1 Å². The van der Waals surface area contributed by atoms with Crippen LogP contribution in [0.2, 0.25) is 0 Å². The molecule has 0 aliphatic carbocycles. The molecular weight excluding hydrogens is 242 g/mol. The number of benzene rings is 2. The summed E-state index contributed by atoms with van der Waals surface area (Å²) in [6.07, 6.45) is 0.582. The van der Waals surface area contributed by atoms with Crippen molar-refractivity contribution in [3.8, 4) is 0 Å². The lowest BCUT2D eigenvalue weighted by Crippen LogP contribution is -1.85. The van der Waals surface area contributed by atoms with E-state index in [0.717, 1.165) is 6.07 Å².